The molecule has 2 amide bonds. The van der Waals surface area contributed by atoms with Gasteiger partial charge in [0.05, 0.1) is 11.4 Å². The number of nitrogens with zero attached hydrogens (tertiary/aromatic N) is 2. The first kappa shape index (κ1) is 28.2. The number of hydrogen-bond donors (Lipinski definition) is 1. The van der Waals surface area contributed by atoms with E-state index in [1.807, 2.05) is 55.5 Å². The minimum absolute atomic E-state index is 0.0343. The zero-order valence-electron chi connectivity index (χ0n) is 23.1. The molecule has 1 unspecified atom stereocenters. The molecule has 0 bridgehead atoms. The highest BCUT2D eigenvalue weighted by molar-refractivity contribution is 7.89. The predicted octanol–water partition coefficient (Wildman–Crippen LogP) is 5.88. The fraction of sp³-hybridized carbons (Fsp3) is 0.212. The molecule has 0 spiro atoms. The molecule has 2 aliphatic rings. The number of nitrogens with one attached hydrogen (secondary N) is 1. The van der Waals surface area contributed by atoms with Gasteiger partial charge in [0.15, 0.2) is 0 Å². The zero-order chi connectivity index (χ0) is 29.4. The summed E-state index contributed by atoms with van der Waals surface area (Å²) in [5, 5.41) is 3.61. The Kier molecular flexibility index (Phi) is 7.62. The molecule has 0 fully saturated rings. The number of rotatable bonds is 6. The van der Waals surface area contributed by atoms with Crippen molar-refractivity contribution in [3.8, 4) is 0 Å². The summed E-state index contributed by atoms with van der Waals surface area (Å²) in [5.41, 5.74) is 6.06. The maximum absolute atomic E-state index is 13.8. The van der Waals surface area contributed by atoms with Crippen molar-refractivity contribution in [2.24, 2.45) is 0 Å². The molecule has 4 aromatic carbocycles. The standard InChI is InChI=1S/C33H30ClN3O4S/c1-22-6-14-29(15-7-22)42(40,41)37-21-26-5-3-2-4-24(26)19-31(37)33(39)35-28-13-16-30-25(18-28)10-17-32(38)36(30)20-23-8-11-27(34)12-9-23/h2-9,11-16,18,31H,10,17,19-21H2,1H3,(H,35,39). The summed E-state index contributed by atoms with van der Waals surface area (Å²) < 4.78 is 28.9. The monoisotopic (exact) mass is 599 g/mol. The highest BCUT2D eigenvalue weighted by atomic mass is 35.5. The molecule has 9 heteroatoms. The predicted molar refractivity (Wildman–Crippen MR) is 164 cm³/mol. The number of aryl methyl sites for hydroxylation is 2. The van der Waals surface area contributed by atoms with Crippen molar-refractivity contribution in [1.82, 2.24) is 4.31 Å². The summed E-state index contributed by atoms with van der Waals surface area (Å²) in [7, 11) is -3.95. The first-order valence-corrected chi connectivity index (χ1v) is 15.6. The van der Waals surface area contributed by atoms with Gasteiger partial charge < -0.3 is 10.2 Å². The van der Waals surface area contributed by atoms with Crippen LogP contribution in [-0.2, 0) is 45.5 Å². The van der Waals surface area contributed by atoms with E-state index in [0.29, 0.717) is 30.1 Å². The molecule has 2 aliphatic heterocycles. The molecule has 0 saturated carbocycles. The third kappa shape index (κ3) is 5.57. The SMILES string of the molecule is Cc1ccc(S(=O)(=O)N2Cc3ccccc3CC2C(=O)Nc2ccc3c(c2)CCC(=O)N3Cc2ccc(Cl)cc2)cc1. The topological polar surface area (TPSA) is 86.8 Å². The van der Waals surface area contributed by atoms with Crippen LogP contribution in [0.25, 0.3) is 0 Å². The Morgan fingerprint density at radius 2 is 1.62 bits per heavy atom. The largest absolute Gasteiger partial charge is 0.325 e. The van der Waals surface area contributed by atoms with E-state index in [9.17, 15) is 18.0 Å². The van der Waals surface area contributed by atoms with E-state index in [0.717, 1.165) is 33.5 Å². The van der Waals surface area contributed by atoms with Crippen LogP contribution in [0.5, 0.6) is 0 Å². The van der Waals surface area contributed by atoms with Gasteiger partial charge >= 0.3 is 0 Å². The van der Waals surface area contributed by atoms with Gasteiger partial charge in [0.2, 0.25) is 21.8 Å². The molecule has 214 valence electrons. The maximum atomic E-state index is 13.8. The number of halogens is 1. The van der Waals surface area contributed by atoms with E-state index in [4.69, 9.17) is 11.6 Å². The molecule has 7 nitrogen and oxygen atoms in total. The van der Waals surface area contributed by atoms with Crippen LogP contribution in [0.1, 0.15) is 34.2 Å². The molecular formula is C33H30ClN3O4S. The molecule has 1 atom stereocenters. The summed E-state index contributed by atoms with van der Waals surface area (Å²) in [5.74, 6) is -0.364. The van der Waals surface area contributed by atoms with Crippen LogP contribution in [0.3, 0.4) is 0 Å². The van der Waals surface area contributed by atoms with E-state index in [2.05, 4.69) is 5.32 Å². The Bertz CT molecular complexity index is 1770. The number of fused-ring (bicyclic) bond motifs is 2. The van der Waals surface area contributed by atoms with Gasteiger partial charge in [-0.3, -0.25) is 9.59 Å². The molecule has 42 heavy (non-hydrogen) atoms. The van der Waals surface area contributed by atoms with Crippen molar-refractivity contribution in [1.29, 1.82) is 0 Å². The van der Waals surface area contributed by atoms with Crippen LogP contribution < -0.4 is 10.2 Å². The summed E-state index contributed by atoms with van der Waals surface area (Å²) in [6, 6.07) is 26.3. The lowest BCUT2D eigenvalue weighted by Gasteiger charge is -2.35. The Balaban J connectivity index is 1.27. The van der Waals surface area contributed by atoms with Crippen LogP contribution in [0.15, 0.2) is 95.9 Å². The van der Waals surface area contributed by atoms with Crippen molar-refractivity contribution < 1.29 is 18.0 Å². The molecule has 1 N–H and O–H groups in total. The number of amides is 2. The highest BCUT2D eigenvalue weighted by Crippen LogP contribution is 2.33. The van der Waals surface area contributed by atoms with Crippen LogP contribution in [0.4, 0.5) is 11.4 Å². The normalized spacial score (nSPS) is 17.0. The van der Waals surface area contributed by atoms with E-state index in [1.165, 1.54) is 4.31 Å². The molecule has 0 aromatic heterocycles. The first-order chi connectivity index (χ1) is 20.2. The average molecular weight is 600 g/mol. The van der Waals surface area contributed by atoms with Crippen molar-refractivity contribution in [2.45, 2.75) is 50.2 Å². The van der Waals surface area contributed by atoms with Gasteiger partial charge in [0.1, 0.15) is 6.04 Å². The van der Waals surface area contributed by atoms with Crippen LogP contribution in [-0.4, -0.2) is 30.6 Å². The lowest BCUT2D eigenvalue weighted by Crippen LogP contribution is -2.50. The van der Waals surface area contributed by atoms with Crippen molar-refractivity contribution >= 4 is 44.8 Å². The zero-order valence-corrected chi connectivity index (χ0v) is 24.7. The Morgan fingerprint density at radius 3 is 2.36 bits per heavy atom. The second-order valence-corrected chi connectivity index (χ2v) is 13.1. The van der Waals surface area contributed by atoms with E-state index < -0.39 is 22.0 Å². The highest BCUT2D eigenvalue weighted by Gasteiger charge is 2.39. The minimum Gasteiger partial charge on any atom is -0.325 e. The van der Waals surface area contributed by atoms with Gasteiger partial charge in [-0.25, -0.2) is 8.42 Å². The average Bonchev–Trinajstić information content (AvgIpc) is 2.99. The van der Waals surface area contributed by atoms with Gasteiger partial charge in [0.25, 0.3) is 0 Å². The fourth-order valence-electron chi connectivity index (χ4n) is 5.63. The van der Waals surface area contributed by atoms with Crippen molar-refractivity contribution in [3.63, 3.8) is 0 Å². The van der Waals surface area contributed by atoms with Crippen LogP contribution >= 0.6 is 11.6 Å². The number of carbonyl (C=O) groups is 2. The summed E-state index contributed by atoms with van der Waals surface area (Å²) >= 11 is 6.02. The Hall–Kier alpha value is -3.98. The lowest BCUT2D eigenvalue weighted by atomic mass is 9.95. The van der Waals surface area contributed by atoms with Gasteiger partial charge in [-0.2, -0.15) is 4.31 Å². The van der Waals surface area contributed by atoms with E-state index in [-0.39, 0.29) is 23.8 Å². The number of hydrogen-bond acceptors (Lipinski definition) is 4. The number of sulfonamides is 1. The second kappa shape index (κ2) is 11.4. The third-order valence-corrected chi connectivity index (χ3v) is 10.1. The van der Waals surface area contributed by atoms with E-state index in [1.54, 1.807) is 47.4 Å². The first-order valence-electron chi connectivity index (χ1n) is 13.8. The quantitative estimate of drug-likeness (QED) is 0.300. The van der Waals surface area contributed by atoms with Gasteiger partial charge in [-0.05, 0) is 84.5 Å². The summed E-state index contributed by atoms with van der Waals surface area (Å²) in [6.45, 7) is 2.42. The van der Waals surface area contributed by atoms with E-state index >= 15 is 0 Å². The Labute approximate surface area is 250 Å². The van der Waals surface area contributed by atoms with Gasteiger partial charge in [-0.1, -0.05) is 65.7 Å². The van der Waals surface area contributed by atoms with Crippen LogP contribution in [0, 0.1) is 6.92 Å². The molecule has 0 aliphatic carbocycles. The number of carbonyl (C=O) groups excluding carboxylic acids is 2. The second-order valence-electron chi connectivity index (χ2n) is 10.8. The minimum atomic E-state index is -3.95. The molecule has 0 saturated heterocycles. The fourth-order valence-corrected chi connectivity index (χ4v) is 7.32. The van der Waals surface area contributed by atoms with Crippen molar-refractivity contribution in [2.75, 3.05) is 10.2 Å². The van der Waals surface area contributed by atoms with Gasteiger partial charge in [0, 0.05) is 29.4 Å². The third-order valence-electron chi connectivity index (χ3n) is 7.94. The molecule has 6 rings (SSSR count). The lowest BCUT2D eigenvalue weighted by molar-refractivity contribution is -0.120. The molecule has 4 aromatic rings. The summed E-state index contributed by atoms with van der Waals surface area (Å²) in [6.07, 6.45) is 1.18. The van der Waals surface area contributed by atoms with Crippen molar-refractivity contribution in [3.05, 3.63) is 124 Å². The number of benzene rings is 4. The molecule has 2 heterocycles. The maximum Gasteiger partial charge on any atom is 0.244 e. The summed E-state index contributed by atoms with van der Waals surface area (Å²) in [4.78, 5) is 28.5. The Morgan fingerprint density at radius 1 is 0.905 bits per heavy atom. The molecule has 0 radical (unpaired) electrons. The van der Waals surface area contributed by atoms with Crippen LogP contribution in [0.2, 0.25) is 5.02 Å². The van der Waals surface area contributed by atoms with Gasteiger partial charge in [-0.15, -0.1) is 0 Å². The number of anilines is 2. The smallest absolute Gasteiger partial charge is 0.244 e. The molecular weight excluding hydrogens is 570 g/mol.